The molecule has 0 radical (unpaired) electrons. The fourth-order valence-corrected chi connectivity index (χ4v) is 2.53. The van der Waals surface area contributed by atoms with Gasteiger partial charge in [0.2, 0.25) is 11.8 Å². The van der Waals surface area contributed by atoms with Crippen molar-refractivity contribution in [3.63, 3.8) is 0 Å². The lowest BCUT2D eigenvalue weighted by Gasteiger charge is -2.41. The van der Waals surface area contributed by atoms with Crippen molar-refractivity contribution in [3.05, 3.63) is 0 Å². The Morgan fingerprint density at radius 1 is 1.25 bits per heavy atom. The summed E-state index contributed by atoms with van der Waals surface area (Å²) < 4.78 is 0. The van der Waals surface area contributed by atoms with Gasteiger partial charge in [0.25, 0.3) is 0 Å². The van der Waals surface area contributed by atoms with Crippen LogP contribution < -0.4 is 0 Å². The molecule has 7 heteroatoms. The first kappa shape index (κ1) is 16.8. The van der Waals surface area contributed by atoms with Gasteiger partial charge in [0.15, 0.2) is 0 Å². The van der Waals surface area contributed by atoms with E-state index in [-0.39, 0.29) is 23.7 Å². The van der Waals surface area contributed by atoms with Gasteiger partial charge in [-0.2, -0.15) is 0 Å². The number of hydrogen-bond donors (Lipinski definition) is 1. The highest BCUT2D eigenvalue weighted by Crippen LogP contribution is 2.22. The van der Waals surface area contributed by atoms with Gasteiger partial charge in [-0.05, 0) is 12.8 Å². The van der Waals surface area contributed by atoms with Gasteiger partial charge in [0.05, 0.1) is 5.92 Å². The minimum atomic E-state index is -1.02. The van der Waals surface area contributed by atoms with Crippen LogP contribution >= 0.6 is 11.6 Å². The Labute approximate surface area is 123 Å². The number of carbonyl (C=O) groups is 3. The first-order valence-corrected chi connectivity index (χ1v) is 7.02. The molecule has 1 N–H and O–H groups in total. The number of nitrogens with zero attached hydrogens (tertiary/aromatic N) is 2. The van der Waals surface area contributed by atoms with E-state index >= 15 is 0 Å². The van der Waals surface area contributed by atoms with E-state index in [0.717, 1.165) is 0 Å². The third-order valence-electron chi connectivity index (χ3n) is 3.53. The average Bonchev–Trinajstić information content (AvgIpc) is 2.25. The predicted molar refractivity (Wildman–Crippen MR) is 74.4 cm³/mol. The molecule has 0 spiro atoms. The molecule has 20 heavy (non-hydrogen) atoms. The summed E-state index contributed by atoms with van der Waals surface area (Å²) in [7, 11) is 1.50. The standard InChI is InChI=1S/C13H21ClN2O4/c1-7(2)10(13(19)20)15(4)12(18)9-5-16(6-9)11(17)8(3)14/h7-10H,5-6H2,1-4H3,(H,19,20)/t8-,10?/m0/s1. The SMILES string of the molecule is CC(C)C(C(=O)O)N(C)C(=O)C1CN(C(=O)[C@H](C)Cl)C1. The lowest BCUT2D eigenvalue weighted by atomic mass is 9.95. The second-order valence-corrected chi connectivity index (χ2v) is 6.19. The summed E-state index contributed by atoms with van der Waals surface area (Å²) >= 11 is 5.69. The summed E-state index contributed by atoms with van der Waals surface area (Å²) in [6.45, 7) is 5.72. The number of aliphatic carboxylic acids is 1. The van der Waals surface area contributed by atoms with Crippen molar-refractivity contribution < 1.29 is 19.5 Å². The van der Waals surface area contributed by atoms with Crippen LogP contribution in [-0.2, 0) is 14.4 Å². The van der Waals surface area contributed by atoms with Gasteiger partial charge in [0.1, 0.15) is 11.4 Å². The summed E-state index contributed by atoms with van der Waals surface area (Å²) in [6, 6.07) is -0.848. The molecule has 1 aliphatic heterocycles. The van der Waals surface area contributed by atoms with E-state index in [0.29, 0.717) is 13.1 Å². The maximum atomic E-state index is 12.2. The van der Waals surface area contributed by atoms with Crippen molar-refractivity contribution in [2.24, 2.45) is 11.8 Å². The van der Waals surface area contributed by atoms with E-state index in [2.05, 4.69) is 0 Å². The average molecular weight is 305 g/mol. The predicted octanol–water partition coefficient (Wildman–Crippen LogP) is 0.640. The number of carboxylic acid groups (broad SMARTS) is 1. The van der Waals surface area contributed by atoms with Crippen LogP contribution in [0.25, 0.3) is 0 Å². The van der Waals surface area contributed by atoms with Gasteiger partial charge >= 0.3 is 5.97 Å². The van der Waals surface area contributed by atoms with Crippen molar-refractivity contribution in [2.75, 3.05) is 20.1 Å². The van der Waals surface area contributed by atoms with E-state index in [1.165, 1.54) is 16.8 Å². The second-order valence-electron chi connectivity index (χ2n) is 5.53. The van der Waals surface area contributed by atoms with Crippen LogP contribution in [0.2, 0.25) is 0 Å². The first-order valence-electron chi connectivity index (χ1n) is 6.59. The van der Waals surface area contributed by atoms with Crippen molar-refractivity contribution in [1.82, 2.24) is 9.80 Å². The second kappa shape index (κ2) is 6.43. The minimum absolute atomic E-state index is 0.179. The van der Waals surface area contributed by atoms with Crippen LogP contribution in [0, 0.1) is 11.8 Å². The van der Waals surface area contributed by atoms with Crippen molar-refractivity contribution in [3.8, 4) is 0 Å². The Kier molecular flexibility index (Phi) is 5.39. The van der Waals surface area contributed by atoms with Gasteiger partial charge in [-0.25, -0.2) is 4.79 Å². The van der Waals surface area contributed by atoms with Crippen LogP contribution in [0.5, 0.6) is 0 Å². The smallest absolute Gasteiger partial charge is 0.326 e. The minimum Gasteiger partial charge on any atom is -0.480 e. The maximum Gasteiger partial charge on any atom is 0.326 e. The quantitative estimate of drug-likeness (QED) is 0.756. The molecule has 1 rings (SSSR count). The third-order valence-corrected chi connectivity index (χ3v) is 3.72. The Bertz CT molecular complexity index is 405. The van der Waals surface area contributed by atoms with Gasteiger partial charge in [0, 0.05) is 20.1 Å². The van der Waals surface area contributed by atoms with E-state index in [4.69, 9.17) is 11.6 Å². The molecule has 0 aromatic rings. The number of likely N-dealkylation sites (tertiary alicyclic amines) is 1. The normalized spacial score (nSPS) is 18.4. The lowest BCUT2D eigenvalue weighted by molar-refractivity contribution is -0.157. The van der Waals surface area contributed by atoms with Crippen molar-refractivity contribution in [1.29, 1.82) is 0 Å². The van der Waals surface area contributed by atoms with E-state index in [1.807, 2.05) is 0 Å². The molecular formula is C13H21ClN2O4. The Morgan fingerprint density at radius 2 is 1.75 bits per heavy atom. The van der Waals surface area contributed by atoms with Crippen LogP contribution in [0.4, 0.5) is 0 Å². The molecule has 1 fully saturated rings. The number of likely N-dealkylation sites (N-methyl/N-ethyl adjacent to an activating group) is 1. The molecule has 0 bridgehead atoms. The zero-order valence-corrected chi connectivity index (χ0v) is 12.9. The lowest BCUT2D eigenvalue weighted by Crippen LogP contribution is -2.59. The van der Waals surface area contributed by atoms with E-state index in [9.17, 15) is 19.5 Å². The monoisotopic (exact) mass is 304 g/mol. The zero-order chi connectivity index (χ0) is 15.6. The molecule has 0 aliphatic carbocycles. The highest BCUT2D eigenvalue weighted by atomic mass is 35.5. The third kappa shape index (κ3) is 3.42. The van der Waals surface area contributed by atoms with Crippen molar-refractivity contribution >= 4 is 29.4 Å². The molecule has 2 atom stereocenters. The molecular weight excluding hydrogens is 284 g/mol. The molecule has 1 saturated heterocycles. The zero-order valence-electron chi connectivity index (χ0n) is 12.2. The molecule has 1 unspecified atom stereocenters. The fourth-order valence-electron chi connectivity index (χ4n) is 2.39. The van der Waals surface area contributed by atoms with Crippen LogP contribution in [0.3, 0.4) is 0 Å². The Morgan fingerprint density at radius 3 is 2.10 bits per heavy atom. The summed E-state index contributed by atoms with van der Waals surface area (Å²) in [5.41, 5.74) is 0. The Hall–Kier alpha value is -1.30. The maximum absolute atomic E-state index is 12.2. The van der Waals surface area contributed by atoms with Crippen molar-refractivity contribution in [2.45, 2.75) is 32.2 Å². The number of carboxylic acids is 1. The number of rotatable bonds is 5. The van der Waals surface area contributed by atoms with Gasteiger partial charge in [-0.3, -0.25) is 9.59 Å². The molecule has 114 valence electrons. The number of halogens is 1. The molecule has 2 amide bonds. The Balaban J connectivity index is 2.60. The van der Waals surface area contributed by atoms with Gasteiger partial charge in [-0.15, -0.1) is 11.6 Å². The number of carbonyl (C=O) groups excluding carboxylic acids is 2. The van der Waals surface area contributed by atoms with Crippen LogP contribution in [0.1, 0.15) is 20.8 Å². The van der Waals surface area contributed by atoms with Gasteiger partial charge < -0.3 is 14.9 Å². The largest absolute Gasteiger partial charge is 0.480 e. The first-order chi connectivity index (χ1) is 9.16. The summed E-state index contributed by atoms with van der Waals surface area (Å²) in [5, 5.41) is 8.57. The highest BCUT2D eigenvalue weighted by Gasteiger charge is 2.41. The summed E-state index contributed by atoms with van der Waals surface area (Å²) in [5.74, 6) is -1.96. The van der Waals surface area contributed by atoms with Crippen LogP contribution in [-0.4, -0.2) is 64.2 Å². The number of alkyl halides is 1. The van der Waals surface area contributed by atoms with Gasteiger partial charge in [-0.1, -0.05) is 13.8 Å². The molecule has 1 heterocycles. The van der Waals surface area contributed by atoms with Crippen LogP contribution in [0.15, 0.2) is 0 Å². The highest BCUT2D eigenvalue weighted by molar-refractivity contribution is 6.30. The summed E-state index contributed by atoms with van der Waals surface area (Å²) in [4.78, 5) is 37.8. The molecule has 1 aliphatic rings. The van der Waals surface area contributed by atoms with E-state index < -0.39 is 17.4 Å². The summed E-state index contributed by atoms with van der Waals surface area (Å²) in [6.07, 6.45) is 0. The molecule has 0 saturated carbocycles. The van der Waals surface area contributed by atoms with E-state index in [1.54, 1.807) is 20.8 Å². The topological polar surface area (TPSA) is 77.9 Å². The number of amides is 2. The number of hydrogen-bond acceptors (Lipinski definition) is 3. The molecule has 6 nitrogen and oxygen atoms in total. The molecule has 0 aromatic heterocycles. The molecule has 0 aromatic carbocycles. The fraction of sp³-hybridized carbons (Fsp3) is 0.769.